The molecule has 0 fully saturated rings. The van der Waals surface area contributed by atoms with E-state index in [4.69, 9.17) is 4.42 Å². The number of anilines is 1. The second-order valence-corrected chi connectivity index (χ2v) is 10.5. The van der Waals surface area contributed by atoms with Gasteiger partial charge >= 0.3 is 0 Å². The lowest BCUT2D eigenvalue weighted by Crippen LogP contribution is -2.34. The van der Waals surface area contributed by atoms with Crippen LogP contribution in [-0.4, -0.2) is 25.4 Å². The van der Waals surface area contributed by atoms with Gasteiger partial charge in [0.15, 0.2) is 5.82 Å². The molecule has 0 saturated carbocycles. The van der Waals surface area contributed by atoms with Crippen molar-refractivity contribution in [2.45, 2.75) is 26.1 Å². The molecule has 4 heterocycles. The summed E-state index contributed by atoms with van der Waals surface area (Å²) in [5, 5.41) is 9.22. The van der Waals surface area contributed by atoms with Gasteiger partial charge in [-0.1, -0.05) is 54.6 Å². The van der Waals surface area contributed by atoms with Crippen molar-refractivity contribution in [2.75, 3.05) is 5.32 Å². The summed E-state index contributed by atoms with van der Waals surface area (Å²) in [6, 6.07) is 27.0. The van der Waals surface area contributed by atoms with E-state index in [-0.39, 0.29) is 29.9 Å². The van der Waals surface area contributed by atoms with E-state index in [1.807, 2.05) is 85.8 Å². The highest BCUT2D eigenvalue weighted by Gasteiger charge is 2.18. The van der Waals surface area contributed by atoms with Gasteiger partial charge in [-0.3, -0.25) is 19.1 Å². The summed E-state index contributed by atoms with van der Waals surface area (Å²) >= 11 is 0. The molecule has 7 rings (SSSR count). The molecule has 0 aliphatic rings. The first kappa shape index (κ1) is 26.2. The van der Waals surface area contributed by atoms with E-state index in [9.17, 15) is 9.59 Å². The molecule has 1 amide bonds. The summed E-state index contributed by atoms with van der Waals surface area (Å²) < 4.78 is 7.43. The minimum absolute atomic E-state index is 0.163. The Hall–Kier alpha value is -5.70. The van der Waals surface area contributed by atoms with Crippen LogP contribution >= 0.6 is 0 Å². The van der Waals surface area contributed by atoms with E-state index in [2.05, 4.69) is 31.7 Å². The minimum Gasteiger partial charge on any atom is -0.456 e. The van der Waals surface area contributed by atoms with Crippen molar-refractivity contribution in [3.05, 3.63) is 125 Å². The van der Waals surface area contributed by atoms with Crippen molar-refractivity contribution >= 4 is 44.6 Å². The van der Waals surface area contributed by atoms with Gasteiger partial charge in [0.05, 0.1) is 24.5 Å². The number of aromatic nitrogens is 4. The second kappa shape index (κ2) is 10.9. The van der Waals surface area contributed by atoms with Crippen LogP contribution in [0.4, 0.5) is 5.82 Å². The van der Waals surface area contributed by atoms with Crippen LogP contribution in [0.15, 0.2) is 113 Å². The van der Waals surface area contributed by atoms with Gasteiger partial charge < -0.3 is 20.0 Å². The van der Waals surface area contributed by atoms with Gasteiger partial charge in [0.25, 0.3) is 5.56 Å². The molecule has 43 heavy (non-hydrogen) atoms. The summed E-state index contributed by atoms with van der Waals surface area (Å²) in [5.41, 5.74) is 5.37. The molecule has 0 aliphatic heterocycles. The normalized spacial score (nSPS) is 12.1. The van der Waals surface area contributed by atoms with Gasteiger partial charge in [-0.2, -0.15) is 0 Å². The third-order valence-corrected chi connectivity index (χ3v) is 7.63. The standard InChI is InChI=1S/C34H28N6O3/c1-21(23-11-12-31-27(16-23)26-9-5-6-10-30(26)43-31)38-33-34(42)40(29(19-37-33)22-7-3-2-4-8-22)20-32(41)36-18-25-15-24-17-35-14-13-28(24)39-25/h2-17,19,21,39H,18,20H2,1H3,(H,36,41)(H,37,38)/t21-/m0/s1. The molecule has 3 aromatic carbocycles. The number of furan rings is 1. The van der Waals surface area contributed by atoms with Crippen LogP contribution in [0.3, 0.4) is 0 Å². The molecule has 0 radical (unpaired) electrons. The highest BCUT2D eigenvalue weighted by molar-refractivity contribution is 6.05. The van der Waals surface area contributed by atoms with Gasteiger partial charge in [0.2, 0.25) is 5.91 Å². The molecule has 3 N–H and O–H groups in total. The number of pyridine rings is 1. The molecule has 7 aromatic rings. The number of aromatic amines is 1. The smallest absolute Gasteiger partial charge is 0.294 e. The molecular formula is C34H28N6O3. The number of amides is 1. The largest absolute Gasteiger partial charge is 0.456 e. The molecule has 0 bridgehead atoms. The third kappa shape index (κ3) is 5.12. The van der Waals surface area contributed by atoms with Gasteiger partial charge in [0.1, 0.15) is 17.7 Å². The van der Waals surface area contributed by atoms with E-state index < -0.39 is 0 Å². The number of carbonyl (C=O) groups excluding carboxylic acids is 1. The predicted molar refractivity (Wildman–Crippen MR) is 168 cm³/mol. The second-order valence-electron chi connectivity index (χ2n) is 10.5. The number of hydrogen-bond acceptors (Lipinski definition) is 6. The highest BCUT2D eigenvalue weighted by Crippen LogP contribution is 2.31. The number of para-hydroxylation sites is 1. The maximum Gasteiger partial charge on any atom is 0.294 e. The minimum atomic E-state index is -0.380. The number of benzene rings is 3. The Labute approximate surface area is 246 Å². The maximum absolute atomic E-state index is 13.8. The molecule has 0 saturated heterocycles. The zero-order valence-electron chi connectivity index (χ0n) is 23.4. The van der Waals surface area contributed by atoms with Crippen LogP contribution in [0.2, 0.25) is 0 Å². The first-order valence-corrected chi connectivity index (χ1v) is 14.0. The fraction of sp³-hybridized carbons (Fsp3) is 0.118. The number of H-pyrrole nitrogens is 1. The first-order valence-electron chi connectivity index (χ1n) is 14.0. The summed E-state index contributed by atoms with van der Waals surface area (Å²) in [6.45, 7) is 2.10. The van der Waals surface area contributed by atoms with Gasteiger partial charge in [-0.15, -0.1) is 0 Å². The van der Waals surface area contributed by atoms with Gasteiger partial charge in [-0.05, 0) is 48.4 Å². The van der Waals surface area contributed by atoms with Crippen LogP contribution < -0.4 is 16.2 Å². The van der Waals surface area contributed by atoms with Crippen molar-refractivity contribution in [3.63, 3.8) is 0 Å². The Morgan fingerprint density at radius 2 is 1.77 bits per heavy atom. The summed E-state index contributed by atoms with van der Waals surface area (Å²) in [5.74, 6) is -0.126. The average Bonchev–Trinajstić information content (AvgIpc) is 3.63. The zero-order chi connectivity index (χ0) is 29.3. The number of nitrogens with one attached hydrogen (secondary N) is 3. The van der Waals surface area contributed by atoms with Gasteiger partial charge in [0, 0.05) is 39.8 Å². The molecule has 9 nitrogen and oxygen atoms in total. The maximum atomic E-state index is 13.8. The van der Waals surface area contributed by atoms with Crippen LogP contribution in [0.25, 0.3) is 44.1 Å². The molecule has 0 aliphatic carbocycles. The summed E-state index contributed by atoms with van der Waals surface area (Å²) in [7, 11) is 0. The van der Waals surface area contributed by atoms with Crippen LogP contribution in [0, 0.1) is 0 Å². The molecule has 0 spiro atoms. The monoisotopic (exact) mass is 568 g/mol. The predicted octanol–water partition coefficient (Wildman–Crippen LogP) is 6.18. The van der Waals surface area contributed by atoms with Gasteiger partial charge in [-0.25, -0.2) is 4.98 Å². The average molecular weight is 569 g/mol. The molecular weight excluding hydrogens is 540 g/mol. The number of nitrogens with zero attached hydrogens (tertiary/aromatic N) is 3. The van der Waals surface area contributed by atoms with Crippen LogP contribution in [0.1, 0.15) is 24.2 Å². The number of carbonyl (C=O) groups is 1. The SMILES string of the molecule is C[C@H](Nc1ncc(-c2ccccc2)n(CC(=O)NCc2cc3cnccc3[nH]2)c1=O)c1ccc2oc3ccccc3c2c1. The Morgan fingerprint density at radius 1 is 0.953 bits per heavy atom. The van der Waals surface area contributed by atoms with Crippen molar-refractivity contribution in [2.24, 2.45) is 0 Å². The van der Waals surface area contributed by atoms with E-state index in [0.717, 1.165) is 49.7 Å². The molecule has 4 aromatic heterocycles. The Kier molecular flexibility index (Phi) is 6.67. The van der Waals surface area contributed by atoms with Crippen molar-refractivity contribution < 1.29 is 9.21 Å². The fourth-order valence-corrected chi connectivity index (χ4v) is 5.41. The number of rotatable bonds is 8. The Bertz CT molecular complexity index is 2130. The Morgan fingerprint density at radius 3 is 2.63 bits per heavy atom. The highest BCUT2D eigenvalue weighted by atomic mass is 16.3. The van der Waals surface area contributed by atoms with Crippen molar-refractivity contribution in [1.82, 2.24) is 24.8 Å². The van der Waals surface area contributed by atoms with Crippen LogP contribution in [0.5, 0.6) is 0 Å². The third-order valence-electron chi connectivity index (χ3n) is 7.63. The number of hydrogen-bond donors (Lipinski definition) is 3. The van der Waals surface area contributed by atoms with Crippen molar-refractivity contribution in [3.8, 4) is 11.3 Å². The lowest BCUT2D eigenvalue weighted by molar-refractivity contribution is -0.121. The lowest BCUT2D eigenvalue weighted by atomic mass is 10.0. The molecule has 9 heteroatoms. The van der Waals surface area contributed by atoms with E-state index in [1.54, 1.807) is 18.6 Å². The quantitative estimate of drug-likeness (QED) is 0.202. The first-order chi connectivity index (χ1) is 21.0. The Balaban J connectivity index is 1.16. The fourth-order valence-electron chi connectivity index (χ4n) is 5.41. The van der Waals surface area contributed by atoms with E-state index >= 15 is 0 Å². The lowest BCUT2D eigenvalue weighted by Gasteiger charge is -2.18. The molecule has 1 atom stereocenters. The summed E-state index contributed by atoms with van der Waals surface area (Å²) in [4.78, 5) is 38.9. The summed E-state index contributed by atoms with van der Waals surface area (Å²) in [6.07, 6.45) is 5.12. The molecule has 212 valence electrons. The molecule has 0 unspecified atom stereocenters. The zero-order valence-corrected chi connectivity index (χ0v) is 23.4. The van der Waals surface area contributed by atoms with E-state index in [1.165, 1.54) is 4.57 Å². The van der Waals surface area contributed by atoms with E-state index in [0.29, 0.717) is 12.2 Å². The topological polar surface area (TPSA) is 118 Å². The number of fused-ring (bicyclic) bond motifs is 4. The van der Waals surface area contributed by atoms with Crippen LogP contribution in [-0.2, 0) is 17.9 Å². The van der Waals surface area contributed by atoms with Crippen molar-refractivity contribution in [1.29, 1.82) is 0 Å².